The summed E-state index contributed by atoms with van der Waals surface area (Å²) in [4.78, 5) is 24.9. The van der Waals surface area contributed by atoms with E-state index in [0.717, 1.165) is 42.1 Å². The fourth-order valence-corrected chi connectivity index (χ4v) is 4.92. The van der Waals surface area contributed by atoms with Gasteiger partial charge >= 0.3 is 5.97 Å². The number of methoxy groups -OCH3 is 1. The summed E-state index contributed by atoms with van der Waals surface area (Å²) in [5, 5.41) is 19.3. The third kappa shape index (κ3) is 9.58. The largest absolute Gasteiger partial charge is 0.457 e. The van der Waals surface area contributed by atoms with Crippen LogP contribution in [-0.2, 0) is 25.6 Å². The predicted octanol–water partition coefficient (Wildman–Crippen LogP) is 4.36. The Kier molecular flexibility index (Phi) is 12.9. The lowest BCUT2D eigenvalue weighted by molar-refractivity contribution is -0.151. The van der Waals surface area contributed by atoms with Crippen molar-refractivity contribution in [2.75, 3.05) is 20.3 Å². The Labute approximate surface area is 233 Å². The Hall–Kier alpha value is -2.49. The maximum atomic E-state index is 12.7. The molecule has 2 rings (SSSR count). The van der Waals surface area contributed by atoms with Gasteiger partial charge in [0, 0.05) is 56.5 Å². The Morgan fingerprint density at radius 1 is 1.23 bits per heavy atom. The van der Waals surface area contributed by atoms with Crippen LogP contribution in [0.4, 0.5) is 0 Å². The Bertz CT molecular complexity index is 1050. The van der Waals surface area contributed by atoms with Crippen molar-refractivity contribution in [3.63, 3.8) is 0 Å². The molecule has 1 aromatic heterocycles. The van der Waals surface area contributed by atoms with Crippen LogP contribution in [0, 0.1) is 17.3 Å². The number of carbonyl (C=O) groups is 2. The van der Waals surface area contributed by atoms with Crippen LogP contribution in [0.5, 0.6) is 0 Å². The van der Waals surface area contributed by atoms with Crippen LogP contribution in [-0.4, -0.2) is 59.2 Å². The Balaban J connectivity index is 2.21. The molecule has 0 aliphatic carbocycles. The van der Waals surface area contributed by atoms with E-state index in [1.165, 1.54) is 6.92 Å². The number of nitrogens with one attached hydrogen (secondary N) is 1. The summed E-state index contributed by atoms with van der Waals surface area (Å²) < 4.78 is 13.0. The van der Waals surface area contributed by atoms with Gasteiger partial charge in [-0.05, 0) is 36.8 Å². The van der Waals surface area contributed by atoms with E-state index >= 15 is 0 Å². The van der Waals surface area contributed by atoms with Crippen molar-refractivity contribution in [2.45, 2.75) is 98.4 Å². The van der Waals surface area contributed by atoms with Gasteiger partial charge in [-0.25, -0.2) is 0 Å². The molecule has 4 atom stereocenters. The average Bonchev–Trinajstić information content (AvgIpc) is 3.29. The molecule has 39 heavy (non-hydrogen) atoms. The first kappa shape index (κ1) is 32.7. The molecule has 0 saturated carbocycles. The van der Waals surface area contributed by atoms with Gasteiger partial charge in [-0.2, -0.15) is 5.10 Å². The van der Waals surface area contributed by atoms with Gasteiger partial charge in [0.2, 0.25) is 5.91 Å². The van der Waals surface area contributed by atoms with E-state index in [1.54, 1.807) is 7.11 Å². The smallest absolute Gasteiger partial charge is 0.303 e. The molecule has 0 fully saturated rings. The van der Waals surface area contributed by atoms with Crippen LogP contribution in [0.1, 0.15) is 85.3 Å². The summed E-state index contributed by atoms with van der Waals surface area (Å²) in [5.74, 6) is -0.513. The molecule has 220 valence electrons. The Morgan fingerprint density at radius 2 is 1.95 bits per heavy atom. The van der Waals surface area contributed by atoms with Crippen LogP contribution >= 0.6 is 0 Å². The zero-order valence-electron chi connectivity index (χ0n) is 24.9. The van der Waals surface area contributed by atoms with Crippen molar-refractivity contribution >= 4 is 22.8 Å². The fraction of sp³-hybridized carbons (Fsp3) is 0.700. The molecule has 1 amide bonds. The molecular formula is C30H50N4O5. The van der Waals surface area contributed by atoms with Crippen molar-refractivity contribution in [3.8, 4) is 0 Å². The van der Waals surface area contributed by atoms with Gasteiger partial charge in [0.15, 0.2) is 0 Å². The van der Waals surface area contributed by atoms with E-state index < -0.39 is 23.7 Å². The quantitative estimate of drug-likeness (QED) is 0.199. The number of nitrogens with zero attached hydrogens (tertiary/aromatic N) is 2. The van der Waals surface area contributed by atoms with Gasteiger partial charge in [-0.1, -0.05) is 59.6 Å². The van der Waals surface area contributed by atoms with E-state index in [-0.39, 0.29) is 30.3 Å². The van der Waals surface area contributed by atoms with Crippen LogP contribution in [0.25, 0.3) is 10.9 Å². The number of aliphatic hydroxyl groups excluding tert-OH is 1. The highest BCUT2D eigenvalue weighted by atomic mass is 16.5. The number of hydrogen-bond donors (Lipinski definition) is 3. The lowest BCUT2D eigenvalue weighted by Gasteiger charge is -2.33. The second kappa shape index (κ2) is 15.3. The van der Waals surface area contributed by atoms with Gasteiger partial charge in [0.1, 0.15) is 6.10 Å². The van der Waals surface area contributed by atoms with E-state index in [0.29, 0.717) is 19.6 Å². The molecule has 2 aromatic rings. The van der Waals surface area contributed by atoms with Crippen molar-refractivity contribution in [1.29, 1.82) is 0 Å². The number of aliphatic hydroxyl groups is 1. The number of carbonyl (C=O) groups excluding carboxylic acids is 2. The van der Waals surface area contributed by atoms with Crippen molar-refractivity contribution < 1.29 is 24.2 Å². The zero-order valence-corrected chi connectivity index (χ0v) is 24.9. The number of ether oxygens (including phenoxy) is 2. The van der Waals surface area contributed by atoms with Crippen molar-refractivity contribution in [2.24, 2.45) is 23.0 Å². The molecular weight excluding hydrogens is 496 g/mol. The summed E-state index contributed by atoms with van der Waals surface area (Å²) >= 11 is 0. The molecule has 0 aliphatic heterocycles. The number of benzene rings is 1. The summed E-state index contributed by atoms with van der Waals surface area (Å²) in [6, 6.07) is 5.37. The van der Waals surface area contributed by atoms with Crippen molar-refractivity contribution in [3.05, 3.63) is 30.0 Å². The SMILES string of the molecule is CCCCC(C)(C)C(=O)NC[C@H](O)[C@@H](N)C[C@@H](C(C)C)C(OC(C)=O)c1ccc2cnn(CCCOC)c2c1. The molecule has 0 aliphatic rings. The third-order valence-electron chi connectivity index (χ3n) is 7.53. The molecule has 1 aromatic carbocycles. The van der Waals surface area contributed by atoms with Crippen LogP contribution in [0.15, 0.2) is 24.4 Å². The van der Waals surface area contributed by atoms with E-state index in [9.17, 15) is 14.7 Å². The minimum absolute atomic E-state index is 0.0746. The van der Waals surface area contributed by atoms with E-state index in [1.807, 2.05) is 42.9 Å². The molecule has 4 N–H and O–H groups in total. The number of unbranched alkanes of at least 4 members (excludes halogenated alkanes) is 1. The summed E-state index contributed by atoms with van der Waals surface area (Å²) in [6.07, 6.45) is 4.37. The van der Waals surface area contributed by atoms with Gasteiger partial charge in [-0.15, -0.1) is 0 Å². The second-order valence-corrected chi connectivity index (χ2v) is 11.6. The van der Waals surface area contributed by atoms with E-state index in [2.05, 4.69) is 31.2 Å². The molecule has 9 heteroatoms. The highest BCUT2D eigenvalue weighted by molar-refractivity contribution is 5.81. The molecule has 0 radical (unpaired) electrons. The summed E-state index contributed by atoms with van der Waals surface area (Å²) in [7, 11) is 1.68. The number of hydrogen-bond acceptors (Lipinski definition) is 7. The predicted molar refractivity (Wildman–Crippen MR) is 154 cm³/mol. The standard InChI is InChI=1S/C30H50N4O5/c1-8-9-13-30(5,6)29(37)32-19-27(36)25(31)17-24(20(2)3)28(39-21(4)35)22-11-12-23-18-33-34(26(23)16-22)14-10-15-38-7/h11-12,16,18,20,24-25,27-28,36H,8-10,13-15,17,19,31H2,1-7H3,(H,32,37)/t24-,25-,27-,28?/m0/s1. The molecule has 0 saturated heterocycles. The van der Waals surface area contributed by atoms with Crippen molar-refractivity contribution in [1.82, 2.24) is 15.1 Å². The number of amides is 1. The fourth-order valence-electron chi connectivity index (χ4n) is 4.92. The first-order valence-electron chi connectivity index (χ1n) is 14.2. The zero-order chi connectivity index (χ0) is 29.2. The number of nitrogens with two attached hydrogens (primary N) is 1. The van der Waals surface area contributed by atoms with Gasteiger partial charge in [-0.3, -0.25) is 14.3 Å². The monoisotopic (exact) mass is 546 g/mol. The normalized spacial score (nSPS) is 15.2. The second-order valence-electron chi connectivity index (χ2n) is 11.6. The van der Waals surface area contributed by atoms with Gasteiger partial charge in [0.05, 0.1) is 17.8 Å². The first-order valence-corrected chi connectivity index (χ1v) is 14.2. The molecule has 0 spiro atoms. The maximum absolute atomic E-state index is 12.7. The molecule has 0 bridgehead atoms. The van der Waals surface area contributed by atoms with Gasteiger partial charge < -0.3 is 25.6 Å². The van der Waals surface area contributed by atoms with Crippen LogP contribution in [0.3, 0.4) is 0 Å². The molecule has 9 nitrogen and oxygen atoms in total. The third-order valence-corrected chi connectivity index (χ3v) is 7.53. The van der Waals surface area contributed by atoms with Gasteiger partial charge in [0.25, 0.3) is 0 Å². The average molecular weight is 547 g/mol. The molecule has 1 unspecified atom stereocenters. The molecule has 1 heterocycles. The topological polar surface area (TPSA) is 129 Å². The summed E-state index contributed by atoms with van der Waals surface area (Å²) in [5.41, 5.74) is 7.79. The highest BCUT2D eigenvalue weighted by Gasteiger charge is 2.33. The number of rotatable bonds is 17. The minimum atomic E-state index is -0.931. The lowest BCUT2D eigenvalue weighted by atomic mass is 9.80. The number of aromatic nitrogens is 2. The number of fused-ring (bicyclic) bond motifs is 1. The number of esters is 1. The minimum Gasteiger partial charge on any atom is -0.457 e. The lowest BCUT2D eigenvalue weighted by Crippen LogP contribution is -2.47. The van der Waals surface area contributed by atoms with E-state index in [4.69, 9.17) is 15.2 Å². The maximum Gasteiger partial charge on any atom is 0.303 e. The summed E-state index contributed by atoms with van der Waals surface area (Å²) in [6.45, 7) is 12.9. The Morgan fingerprint density at radius 3 is 2.56 bits per heavy atom. The first-order chi connectivity index (χ1) is 18.4. The highest BCUT2D eigenvalue weighted by Crippen LogP contribution is 2.36. The van der Waals surface area contributed by atoms with Crippen LogP contribution < -0.4 is 11.1 Å². The van der Waals surface area contributed by atoms with Crippen LogP contribution in [0.2, 0.25) is 0 Å². The number of aryl methyl sites for hydroxylation is 1.